The largest absolute Gasteiger partial charge is 0.346 e. The molecule has 1 aromatic heterocycles. The first-order chi connectivity index (χ1) is 10.8. The van der Waals surface area contributed by atoms with E-state index in [-0.39, 0.29) is 11.9 Å². The summed E-state index contributed by atoms with van der Waals surface area (Å²) < 4.78 is 0.812. The molecule has 2 heterocycles. The molecule has 0 unspecified atom stereocenters. The Morgan fingerprint density at radius 2 is 1.70 bits per heavy atom. The maximum absolute atomic E-state index is 12.4. The molecule has 1 fully saturated rings. The van der Waals surface area contributed by atoms with Crippen LogP contribution in [0.1, 0.15) is 24.2 Å². The minimum absolute atomic E-state index is 0.0974. The number of hydrogen-bond acceptors (Lipinski definition) is 4. The fraction of sp³-hybridized carbons (Fsp3) is 0.500. The first kappa shape index (κ1) is 18.0. The van der Waals surface area contributed by atoms with E-state index in [0.29, 0.717) is 40.4 Å². The summed E-state index contributed by atoms with van der Waals surface area (Å²) in [4.78, 5) is 39.2. The molecule has 0 spiro atoms. The maximum atomic E-state index is 12.4. The van der Waals surface area contributed by atoms with Gasteiger partial charge < -0.3 is 15.1 Å². The van der Waals surface area contributed by atoms with E-state index in [4.69, 9.17) is 23.2 Å². The molecule has 0 atom stereocenters. The van der Waals surface area contributed by atoms with Crippen molar-refractivity contribution in [2.75, 3.05) is 26.2 Å². The van der Waals surface area contributed by atoms with Crippen molar-refractivity contribution in [2.45, 2.75) is 19.9 Å². The molecule has 126 valence electrons. The number of halogens is 2. The van der Waals surface area contributed by atoms with E-state index < -0.39 is 11.8 Å². The number of hydrogen-bond donors (Lipinski definition) is 1. The second kappa shape index (κ2) is 7.51. The highest BCUT2D eigenvalue weighted by atomic mass is 35.5. The quantitative estimate of drug-likeness (QED) is 0.799. The normalized spacial score (nSPS) is 15.0. The summed E-state index contributed by atoms with van der Waals surface area (Å²) in [5.41, 5.74) is 0.374. The molecule has 0 aliphatic carbocycles. The van der Waals surface area contributed by atoms with Crippen LogP contribution in [0.2, 0.25) is 8.67 Å². The first-order valence-electron chi connectivity index (χ1n) is 7.13. The van der Waals surface area contributed by atoms with Crippen LogP contribution in [0.4, 0.5) is 0 Å². The van der Waals surface area contributed by atoms with Crippen LogP contribution in [-0.2, 0) is 9.59 Å². The average Bonchev–Trinajstić information content (AvgIpc) is 2.84. The van der Waals surface area contributed by atoms with E-state index in [9.17, 15) is 14.4 Å². The third-order valence-corrected chi connectivity index (χ3v) is 4.84. The molecule has 3 amide bonds. The van der Waals surface area contributed by atoms with E-state index in [1.807, 2.05) is 0 Å². The van der Waals surface area contributed by atoms with Gasteiger partial charge in [-0.3, -0.25) is 14.4 Å². The lowest BCUT2D eigenvalue weighted by Crippen LogP contribution is -2.54. The van der Waals surface area contributed by atoms with Crippen molar-refractivity contribution in [3.05, 3.63) is 20.3 Å². The van der Waals surface area contributed by atoms with Gasteiger partial charge in [0.2, 0.25) is 0 Å². The zero-order valence-electron chi connectivity index (χ0n) is 12.8. The van der Waals surface area contributed by atoms with Crippen molar-refractivity contribution in [3.8, 4) is 0 Å². The summed E-state index contributed by atoms with van der Waals surface area (Å²) in [7, 11) is 0. The predicted molar refractivity (Wildman–Crippen MR) is 90.1 cm³/mol. The number of rotatable bonds is 2. The van der Waals surface area contributed by atoms with Gasteiger partial charge in [-0.05, 0) is 19.9 Å². The average molecular weight is 378 g/mol. The molecule has 2 rings (SSSR count). The van der Waals surface area contributed by atoms with Crippen LogP contribution in [0.15, 0.2) is 6.07 Å². The SMILES string of the molecule is CC(C)NC(=O)C(=O)N1CCN(C(=O)c2cc(Cl)sc2Cl)CC1. The molecular weight excluding hydrogens is 361 g/mol. The first-order valence-corrected chi connectivity index (χ1v) is 8.70. The Hall–Kier alpha value is -1.31. The van der Waals surface area contributed by atoms with Gasteiger partial charge in [-0.1, -0.05) is 23.2 Å². The molecule has 23 heavy (non-hydrogen) atoms. The standard InChI is InChI=1S/C14H17Cl2N3O3S/c1-8(2)17-12(20)14(22)19-5-3-18(4-6-19)13(21)9-7-10(15)23-11(9)16/h7-8H,3-6H2,1-2H3,(H,17,20). The Morgan fingerprint density at radius 3 is 2.17 bits per heavy atom. The van der Waals surface area contributed by atoms with Crippen molar-refractivity contribution >= 4 is 52.3 Å². The summed E-state index contributed by atoms with van der Waals surface area (Å²) in [6, 6.07) is 1.45. The van der Waals surface area contributed by atoms with Crippen LogP contribution in [0.3, 0.4) is 0 Å². The van der Waals surface area contributed by atoms with Crippen molar-refractivity contribution < 1.29 is 14.4 Å². The maximum Gasteiger partial charge on any atom is 0.312 e. The van der Waals surface area contributed by atoms with E-state index >= 15 is 0 Å². The van der Waals surface area contributed by atoms with Gasteiger partial charge in [0.25, 0.3) is 5.91 Å². The molecule has 1 aromatic rings. The minimum Gasteiger partial charge on any atom is -0.346 e. The van der Waals surface area contributed by atoms with Crippen LogP contribution in [0.5, 0.6) is 0 Å². The van der Waals surface area contributed by atoms with E-state index in [2.05, 4.69) is 5.32 Å². The summed E-state index contributed by atoms with van der Waals surface area (Å²) >= 11 is 13.0. The van der Waals surface area contributed by atoms with E-state index in [0.717, 1.165) is 11.3 Å². The van der Waals surface area contributed by atoms with Gasteiger partial charge in [-0.25, -0.2) is 0 Å². The number of nitrogens with zero attached hydrogens (tertiary/aromatic N) is 2. The number of carbonyl (C=O) groups is 3. The Balaban J connectivity index is 1.93. The summed E-state index contributed by atoms with van der Waals surface area (Å²) in [6.07, 6.45) is 0. The highest BCUT2D eigenvalue weighted by Gasteiger charge is 2.29. The van der Waals surface area contributed by atoms with Crippen molar-refractivity contribution in [1.82, 2.24) is 15.1 Å². The summed E-state index contributed by atoms with van der Waals surface area (Å²) in [5, 5.41) is 2.57. The molecule has 9 heteroatoms. The lowest BCUT2D eigenvalue weighted by Gasteiger charge is -2.34. The Morgan fingerprint density at radius 1 is 1.13 bits per heavy atom. The van der Waals surface area contributed by atoms with Crippen molar-refractivity contribution in [1.29, 1.82) is 0 Å². The van der Waals surface area contributed by atoms with Gasteiger partial charge in [0.15, 0.2) is 0 Å². The van der Waals surface area contributed by atoms with Gasteiger partial charge >= 0.3 is 11.8 Å². The molecular formula is C14H17Cl2N3O3S. The second-order valence-corrected chi connectivity index (χ2v) is 7.74. The molecule has 1 aliphatic heterocycles. The van der Waals surface area contributed by atoms with Gasteiger partial charge in [-0.15, -0.1) is 11.3 Å². The fourth-order valence-corrected chi connectivity index (χ4v) is 3.68. The van der Waals surface area contributed by atoms with Crippen LogP contribution in [0.25, 0.3) is 0 Å². The van der Waals surface area contributed by atoms with E-state index in [1.165, 1.54) is 4.90 Å². The smallest absolute Gasteiger partial charge is 0.312 e. The molecule has 0 saturated carbocycles. The van der Waals surface area contributed by atoms with Crippen molar-refractivity contribution in [3.63, 3.8) is 0 Å². The summed E-state index contributed by atoms with van der Waals surface area (Å²) in [6.45, 7) is 4.90. The number of piperazine rings is 1. The van der Waals surface area contributed by atoms with Crippen LogP contribution >= 0.6 is 34.5 Å². The molecule has 0 radical (unpaired) electrons. The third-order valence-electron chi connectivity index (χ3n) is 3.36. The number of carbonyl (C=O) groups excluding carboxylic acids is 3. The zero-order chi connectivity index (χ0) is 17.1. The lowest BCUT2D eigenvalue weighted by atomic mass is 10.2. The third kappa shape index (κ3) is 4.37. The monoisotopic (exact) mass is 377 g/mol. The zero-order valence-corrected chi connectivity index (χ0v) is 15.1. The summed E-state index contributed by atoms with van der Waals surface area (Å²) in [5.74, 6) is -1.40. The molecule has 0 bridgehead atoms. The number of amides is 3. The molecule has 1 N–H and O–H groups in total. The van der Waals surface area contributed by atoms with Crippen molar-refractivity contribution in [2.24, 2.45) is 0 Å². The molecule has 1 aliphatic rings. The number of nitrogens with one attached hydrogen (secondary N) is 1. The Kier molecular flexibility index (Phi) is 5.89. The molecule has 1 saturated heterocycles. The van der Waals surface area contributed by atoms with Crippen LogP contribution in [-0.4, -0.2) is 59.7 Å². The second-order valence-electron chi connectivity index (χ2n) is 5.45. The Labute approximate surface area is 148 Å². The molecule has 0 aromatic carbocycles. The van der Waals surface area contributed by atoms with Gasteiger partial charge in [0, 0.05) is 32.2 Å². The van der Waals surface area contributed by atoms with Crippen LogP contribution < -0.4 is 5.32 Å². The topological polar surface area (TPSA) is 69.7 Å². The van der Waals surface area contributed by atoms with Gasteiger partial charge in [-0.2, -0.15) is 0 Å². The van der Waals surface area contributed by atoms with Crippen LogP contribution in [0, 0.1) is 0 Å². The predicted octanol–water partition coefficient (Wildman–Crippen LogP) is 1.86. The van der Waals surface area contributed by atoms with Gasteiger partial charge in [0.1, 0.15) is 4.34 Å². The highest BCUT2D eigenvalue weighted by Crippen LogP contribution is 2.32. The fourth-order valence-electron chi connectivity index (χ4n) is 2.24. The minimum atomic E-state index is -0.618. The highest BCUT2D eigenvalue weighted by molar-refractivity contribution is 7.20. The number of thiophene rings is 1. The van der Waals surface area contributed by atoms with Gasteiger partial charge in [0.05, 0.1) is 9.90 Å². The molecule has 6 nitrogen and oxygen atoms in total. The Bertz CT molecular complexity index is 625. The lowest BCUT2D eigenvalue weighted by molar-refractivity contribution is -0.147. The van der Waals surface area contributed by atoms with E-state index in [1.54, 1.807) is 24.8 Å².